The fourth-order valence-electron chi connectivity index (χ4n) is 2.27. The van der Waals surface area contributed by atoms with Crippen molar-refractivity contribution in [3.8, 4) is 5.88 Å². The maximum Gasteiger partial charge on any atom is 0.218 e. The van der Waals surface area contributed by atoms with Gasteiger partial charge in [0.2, 0.25) is 5.88 Å². The van der Waals surface area contributed by atoms with Crippen molar-refractivity contribution in [2.45, 2.75) is 50.9 Å². The Hall–Kier alpha value is -0.870. The summed E-state index contributed by atoms with van der Waals surface area (Å²) >= 11 is 5.77. The standard InChI is InChI=1S/C13H17ClFNO2/c1-8-3-12(4-9(2)17-8)18-13-10(6-14)5-11(15)7-16-13/h5,7-9,12H,3-4,6H2,1-2H3. The molecule has 3 nitrogen and oxygen atoms in total. The van der Waals surface area contributed by atoms with Gasteiger partial charge in [-0.15, -0.1) is 11.6 Å². The van der Waals surface area contributed by atoms with E-state index in [1.165, 1.54) is 6.07 Å². The molecule has 5 heteroatoms. The summed E-state index contributed by atoms with van der Waals surface area (Å²) in [4.78, 5) is 3.97. The average molecular weight is 274 g/mol. The van der Waals surface area contributed by atoms with Gasteiger partial charge < -0.3 is 9.47 Å². The number of aromatic nitrogens is 1. The lowest BCUT2D eigenvalue weighted by atomic mass is 10.0. The van der Waals surface area contributed by atoms with Crippen LogP contribution >= 0.6 is 11.6 Å². The van der Waals surface area contributed by atoms with Crippen LogP contribution in [0.2, 0.25) is 0 Å². The van der Waals surface area contributed by atoms with Crippen LogP contribution in [0.15, 0.2) is 12.3 Å². The Morgan fingerprint density at radius 3 is 2.72 bits per heavy atom. The van der Waals surface area contributed by atoms with Crippen LogP contribution in [-0.4, -0.2) is 23.3 Å². The van der Waals surface area contributed by atoms with E-state index in [1.54, 1.807) is 0 Å². The minimum atomic E-state index is -0.397. The molecule has 0 saturated carbocycles. The first-order valence-corrected chi connectivity index (χ1v) is 6.64. The molecular formula is C13H17ClFNO2. The first-order valence-electron chi connectivity index (χ1n) is 6.11. The van der Waals surface area contributed by atoms with Gasteiger partial charge in [0.1, 0.15) is 11.9 Å². The van der Waals surface area contributed by atoms with E-state index in [9.17, 15) is 4.39 Å². The molecule has 2 unspecified atom stereocenters. The molecule has 0 bridgehead atoms. The molecule has 0 aromatic carbocycles. The zero-order valence-electron chi connectivity index (χ0n) is 10.5. The fraction of sp³-hybridized carbons (Fsp3) is 0.615. The third-order valence-electron chi connectivity index (χ3n) is 2.97. The lowest BCUT2D eigenvalue weighted by Crippen LogP contribution is -2.36. The molecule has 1 aliphatic heterocycles. The molecule has 18 heavy (non-hydrogen) atoms. The summed E-state index contributed by atoms with van der Waals surface area (Å²) in [6.45, 7) is 4.04. The van der Waals surface area contributed by atoms with Gasteiger partial charge in [0.15, 0.2) is 0 Å². The van der Waals surface area contributed by atoms with Gasteiger partial charge in [0.05, 0.1) is 24.3 Å². The summed E-state index contributed by atoms with van der Waals surface area (Å²) in [6, 6.07) is 1.36. The van der Waals surface area contributed by atoms with Crippen LogP contribution in [0.3, 0.4) is 0 Å². The normalized spacial score (nSPS) is 28.1. The molecule has 0 aliphatic carbocycles. The van der Waals surface area contributed by atoms with E-state index in [2.05, 4.69) is 4.98 Å². The topological polar surface area (TPSA) is 31.4 Å². The molecule has 1 aromatic rings. The van der Waals surface area contributed by atoms with E-state index in [-0.39, 0.29) is 24.2 Å². The Labute approximate surface area is 111 Å². The molecule has 2 rings (SSSR count). The predicted octanol–water partition coefficient (Wildman–Crippen LogP) is 3.29. The summed E-state index contributed by atoms with van der Waals surface area (Å²) in [5.74, 6) is 0.221. The van der Waals surface area contributed by atoms with Crippen molar-refractivity contribution in [1.29, 1.82) is 0 Å². The summed E-state index contributed by atoms with van der Waals surface area (Å²) in [7, 11) is 0. The first-order chi connectivity index (χ1) is 8.58. The minimum Gasteiger partial charge on any atom is -0.474 e. The van der Waals surface area contributed by atoms with Gasteiger partial charge in [-0.1, -0.05) is 0 Å². The maximum absolute atomic E-state index is 13.0. The van der Waals surface area contributed by atoms with Gasteiger partial charge in [0, 0.05) is 18.4 Å². The van der Waals surface area contributed by atoms with Gasteiger partial charge in [-0.2, -0.15) is 0 Å². The Morgan fingerprint density at radius 2 is 2.11 bits per heavy atom. The molecule has 1 saturated heterocycles. The first kappa shape index (κ1) is 13.6. The van der Waals surface area contributed by atoms with Gasteiger partial charge in [0.25, 0.3) is 0 Å². The number of ether oxygens (including phenoxy) is 2. The highest BCUT2D eigenvalue weighted by Crippen LogP contribution is 2.26. The molecule has 1 fully saturated rings. The van der Waals surface area contributed by atoms with Crippen LogP contribution in [0.5, 0.6) is 5.88 Å². The van der Waals surface area contributed by atoms with Crippen molar-refractivity contribution < 1.29 is 13.9 Å². The van der Waals surface area contributed by atoms with E-state index in [0.29, 0.717) is 11.4 Å². The Balaban J connectivity index is 2.08. The number of hydrogen-bond donors (Lipinski definition) is 0. The lowest BCUT2D eigenvalue weighted by Gasteiger charge is -2.32. The van der Waals surface area contributed by atoms with Crippen molar-refractivity contribution in [2.24, 2.45) is 0 Å². The highest BCUT2D eigenvalue weighted by molar-refractivity contribution is 6.17. The maximum atomic E-state index is 13.0. The predicted molar refractivity (Wildman–Crippen MR) is 67.4 cm³/mol. The van der Waals surface area contributed by atoms with Crippen LogP contribution in [0, 0.1) is 5.82 Å². The molecule has 0 spiro atoms. The molecule has 100 valence electrons. The number of halogens is 2. The number of hydrogen-bond acceptors (Lipinski definition) is 3. The van der Waals surface area contributed by atoms with Gasteiger partial charge >= 0.3 is 0 Å². The van der Waals surface area contributed by atoms with Crippen LogP contribution in [0.4, 0.5) is 4.39 Å². The average Bonchev–Trinajstić information content (AvgIpc) is 2.30. The second-order valence-electron chi connectivity index (χ2n) is 4.72. The van der Waals surface area contributed by atoms with Crippen LogP contribution < -0.4 is 4.74 Å². The van der Waals surface area contributed by atoms with E-state index < -0.39 is 5.82 Å². The number of nitrogens with zero attached hydrogens (tertiary/aromatic N) is 1. The van der Waals surface area contributed by atoms with Crippen molar-refractivity contribution in [2.75, 3.05) is 0 Å². The molecule has 0 N–H and O–H groups in total. The van der Waals surface area contributed by atoms with Crippen LogP contribution in [0.1, 0.15) is 32.3 Å². The number of alkyl halides is 1. The van der Waals surface area contributed by atoms with Gasteiger partial charge in [-0.3, -0.25) is 0 Å². The smallest absolute Gasteiger partial charge is 0.218 e. The van der Waals surface area contributed by atoms with Crippen LogP contribution in [0.25, 0.3) is 0 Å². The molecule has 0 amide bonds. The highest BCUT2D eigenvalue weighted by Gasteiger charge is 2.26. The quantitative estimate of drug-likeness (QED) is 0.792. The second-order valence-corrected chi connectivity index (χ2v) is 4.99. The lowest BCUT2D eigenvalue weighted by molar-refractivity contribution is -0.0731. The SMILES string of the molecule is CC1CC(Oc2ncc(F)cc2CCl)CC(C)O1. The Kier molecular flexibility index (Phi) is 4.40. The number of pyridine rings is 1. The minimum absolute atomic E-state index is 0.0451. The molecule has 1 aliphatic rings. The monoisotopic (exact) mass is 273 g/mol. The van der Waals surface area contributed by atoms with Crippen molar-refractivity contribution in [3.05, 3.63) is 23.6 Å². The fourth-order valence-corrected chi connectivity index (χ4v) is 2.46. The Bertz CT molecular complexity index is 406. The van der Waals surface area contributed by atoms with E-state index in [0.717, 1.165) is 19.0 Å². The van der Waals surface area contributed by atoms with E-state index in [4.69, 9.17) is 21.1 Å². The van der Waals surface area contributed by atoms with Crippen molar-refractivity contribution in [3.63, 3.8) is 0 Å². The second kappa shape index (κ2) is 5.85. The highest BCUT2D eigenvalue weighted by atomic mass is 35.5. The Morgan fingerprint density at radius 1 is 1.44 bits per heavy atom. The summed E-state index contributed by atoms with van der Waals surface area (Å²) < 4.78 is 24.5. The van der Waals surface area contributed by atoms with Crippen LogP contribution in [-0.2, 0) is 10.6 Å². The zero-order valence-corrected chi connectivity index (χ0v) is 11.3. The van der Waals surface area contributed by atoms with Gasteiger partial charge in [-0.25, -0.2) is 9.37 Å². The molecular weight excluding hydrogens is 257 g/mol. The summed E-state index contributed by atoms with van der Waals surface area (Å²) in [5, 5.41) is 0. The molecule has 2 heterocycles. The van der Waals surface area contributed by atoms with E-state index in [1.807, 2.05) is 13.8 Å². The third-order valence-corrected chi connectivity index (χ3v) is 3.26. The largest absolute Gasteiger partial charge is 0.474 e. The summed E-state index contributed by atoms with van der Waals surface area (Å²) in [5.41, 5.74) is 0.587. The van der Waals surface area contributed by atoms with E-state index >= 15 is 0 Å². The number of rotatable bonds is 3. The zero-order chi connectivity index (χ0) is 13.1. The molecule has 2 atom stereocenters. The van der Waals surface area contributed by atoms with Crippen molar-refractivity contribution >= 4 is 11.6 Å². The molecule has 1 aromatic heterocycles. The van der Waals surface area contributed by atoms with Gasteiger partial charge in [-0.05, 0) is 19.9 Å². The summed E-state index contributed by atoms with van der Waals surface area (Å²) in [6.07, 6.45) is 3.15. The van der Waals surface area contributed by atoms with Crippen molar-refractivity contribution in [1.82, 2.24) is 4.98 Å². The molecule has 0 radical (unpaired) electrons. The third kappa shape index (κ3) is 3.33.